The van der Waals surface area contributed by atoms with Gasteiger partial charge >= 0.3 is 5.97 Å². The number of fused-ring (bicyclic) bond motifs is 2. The van der Waals surface area contributed by atoms with Gasteiger partial charge in [0.2, 0.25) is 0 Å². The third-order valence-electron chi connectivity index (χ3n) is 8.30. The summed E-state index contributed by atoms with van der Waals surface area (Å²) in [5, 5.41) is 19.4. The standard InChI is InChI=1S/C24H18Cl2O4.C10H9N/c25-16-7-3-14(4-8-16)21(27)24(22(28)15-5-9-17(26)10-6-15)13-1-2-18-19(23(29)30)11-12-20(18)24;11-7-9-6-5-8-3-1-2-4-10(8)9/h1-10,13,19-20H,11-12H2,(H,29,30);1-4,9H,5-6H2. The number of carbonyl (C=O) groups excluding carboxylic acids is 2. The Kier molecular flexibility index (Phi) is 8.26. The summed E-state index contributed by atoms with van der Waals surface area (Å²) in [6.07, 6.45) is 7.90. The first-order valence-corrected chi connectivity index (χ1v) is 14.2. The quantitative estimate of drug-likeness (QED) is 0.243. The number of hydrogen-bond donors (Lipinski definition) is 1. The number of carboxylic acid groups (broad SMARTS) is 1. The molecular formula is C34H27Cl2NO4. The number of benzene rings is 3. The summed E-state index contributed by atoms with van der Waals surface area (Å²) in [5.41, 5.74) is 2.41. The van der Waals surface area contributed by atoms with Gasteiger partial charge in [-0.05, 0) is 85.3 Å². The molecule has 3 aromatic carbocycles. The second kappa shape index (κ2) is 11.9. The van der Waals surface area contributed by atoms with E-state index in [2.05, 4.69) is 18.2 Å². The molecule has 0 radical (unpaired) electrons. The molecule has 1 N–H and O–H groups in total. The van der Waals surface area contributed by atoms with Gasteiger partial charge in [0.15, 0.2) is 11.6 Å². The van der Waals surface area contributed by atoms with Crippen molar-refractivity contribution in [2.24, 2.45) is 17.3 Å². The predicted octanol–water partition coefficient (Wildman–Crippen LogP) is 7.89. The fourth-order valence-corrected chi connectivity index (χ4v) is 6.52. The fourth-order valence-electron chi connectivity index (χ4n) is 6.27. The third-order valence-corrected chi connectivity index (χ3v) is 8.80. The van der Waals surface area contributed by atoms with E-state index in [0.29, 0.717) is 39.6 Å². The molecule has 0 amide bonds. The van der Waals surface area contributed by atoms with Crippen molar-refractivity contribution < 1.29 is 19.5 Å². The monoisotopic (exact) mass is 583 g/mol. The molecule has 0 heterocycles. The summed E-state index contributed by atoms with van der Waals surface area (Å²) >= 11 is 11.9. The predicted molar refractivity (Wildman–Crippen MR) is 158 cm³/mol. The Morgan fingerprint density at radius 3 is 1.98 bits per heavy atom. The van der Waals surface area contributed by atoms with E-state index in [0.717, 1.165) is 12.8 Å². The number of nitriles is 1. The molecule has 3 unspecified atom stereocenters. The molecule has 0 bridgehead atoms. The van der Waals surface area contributed by atoms with Gasteiger partial charge in [-0.3, -0.25) is 14.4 Å². The number of hydrogen-bond acceptors (Lipinski definition) is 4. The first kappa shape index (κ1) is 28.5. The minimum atomic E-state index is -1.52. The van der Waals surface area contributed by atoms with Crippen molar-refractivity contribution in [1.82, 2.24) is 0 Å². The Hall–Kier alpha value is -3.98. The summed E-state index contributed by atoms with van der Waals surface area (Å²) in [7, 11) is 0. The summed E-state index contributed by atoms with van der Waals surface area (Å²) in [4.78, 5) is 39.4. The highest BCUT2D eigenvalue weighted by molar-refractivity contribution is 6.31. The van der Waals surface area contributed by atoms with Crippen molar-refractivity contribution in [3.05, 3.63) is 129 Å². The lowest BCUT2D eigenvalue weighted by atomic mass is 9.62. The lowest BCUT2D eigenvalue weighted by molar-refractivity contribution is -0.140. The summed E-state index contributed by atoms with van der Waals surface area (Å²) in [6, 6.07) is 23.3. The van der Waals surface area contributed by atoms with Crippen molar-refractivity contribution in [2.45, 2.75) is 31.6 Å². The lowest BCUT2D eigenvalue weighted by Crippen LogP contribution is -2.45. The van der Waals surface area contributed by atoms with E-state index in [1.54, 1.807) is 66.8 Å². The minimum absolute atomic E-state index is 0.159. The smallest absolute Gasteiger partial charge is 0.310 e. The molecule has 3 atom stereocenters. The van der Waals surface area contributed by atoms with E-state index in [-0.39, 0.29) is 17.5 Å². The van der Waals surface area contributed by atoms with Gasteiger partial charge in [-0.2, -0.15) is 5.26 Å². The van der Waals surface area contributed by atoms with E-state index in [1.807, 2.05) is 12.1 Å². The van der Waals surface area contributed by atoms with Gasteiger partial charge in [0.25, 0.3) is 0 Å². The molecule has 3 aliphatic rings. The van der Waals surface area contributed by atoms with E-state index >= 15 is 0 Å². The molecule has 41 heavy (non-hydrogen) atoms. The van der Waals surface area contributed by atoms with Crippen LogP contribution < -0.4 is 0 Å². The number of allylic oxidation sites excluding steroid dienone is 3. The van der Waals surface area contributed by atoms with E-state index < -0.39 is 23.2 Å². The van der Waals surface area contributed by atoms with Crippen LogP contribution in [0, 0.1) is 28.6 Å². The Balaban J connectivity index is 0.000000255. The number of halogens is 2. The zero-order valence-corrected chi connectivity index (χ0v) is 23.6. The lowest BCUT2D eigenvalue weighted by Gasteiger charge is -2.37. The zero-order chi connectivity index (χ0) is 29.1. The number of aryl methyl sites for hydroxylation is 1. The molecule has 5 nitrogen and oxygen atoms in total. The van der Waals surface area contributed by atoms with Crippen molar-refractivity contribution in [2.75, 3.05) is 0 Å². The van der Waals surface area contributed by atoms with Crippen LogP contribution in [-0.2, 0) is 11.2 Å². The maximum absolute atomic E-state index is 13.8. The van der Waals surface area contributed by atoms with Crippen LogP contribution in [0.5, 0.6) is 0 Å². The van der Waals surface area contributed by atoms with E-state index in [4.69, 9.17) is 28.5 Å². The third kappa shape index (κ3) is 5.38. The number of carboxylic acids is 1. The van der Waals surface area contributed by atoms with Gasteiger partial charge < -0.3 is 5.11 Å². The maximum Gasteiger partial charge on any atom is 0.310 e. The Labute approximate surface area is 248 Å². The topological polar surface area (TPSA) is 95.2 Å². The number of Topliss-reactive ketones (excluding diaryl/α,β-unsaturated/α-hetero) is 2. The van der Waals surface area contributed by atoms with Crippen LogP contribution in [0.25, 0.3) is 0 Å². The first-order chi connectivity index (χ1) is 19.8. The number of nitrogens with zero attached hydrogens (tertiary/aromatic N) is 1. The minimum Gasteiger partial charge on any atom is -0.481 e. The van der Waals surface area contributed by atoms with Crippen molar-refractivity contribution >= 4 is 40.7 Å². The Morgan fingerprint density at radius 1 is 0.829 bits per heavy atom. The molecule has 0 aliphatic heterocycles. The van der Waals surface area contributed by atoms with Gasteiger partial charge in [-0.25, -0.2) is 0 Å². The highest BCUT2D eigenvalue weighted by Gasteiger charge is 2.56. The van der Waals surface area contributed by atoms with Crippen LogP contribution >= 0.6 is 23.2 Å². The zero-order valence-electron chi connectivity index (χ0n) is 22.1. The van der Waals surface area contributed by atoms with Gasteiger partial charge in [0.05, 0.1) is 17.9 Å². The number of aliphatic carboxylic acids is 1. The van der Waals surface area contributed by atoms with Gasteiger partial charge in [-0.1, -0.05) is 71.3 Å². The molecule has 0 spiro atoms. The second-order valence-corrected chi connectivity index (χ2v) is 11.4. The summed E-state index contributed by atoms with van der Waals surface area (Å²) in [5.74, 6) is -2.73. The molecule has 3 aliphatic carbocycles. The molecule has 6 rings (SSSR count). The second-order valence-electron chi connectivity index (χ2n) is 10.5. The molecule has 0 aromatic heterocycles. The largest absolute Gasteiger partial charge is 0.481 e. The van der Waals surface area contributed by atoms with Crippen LogP contribution in [0.3, 0.4) is 0 Å². The molecule has 3 aromatic rings. The van der Waals surface area contributed by atoms with Gasteiger partial charge in [-0.15, -0.1) is 0 Å². The number of ketones is 2. The van der Waals surface area contributed by atoms with Gasteiger partial charge in [0.1, 0.15) is 5.41 Å². The van der Waals surface area contributed by atoms with Crippen molar-refractivity contribution in [1.29, 1.82) is 5.26 Å². The molecule has 1 fully saturated rings. The molecular weight excluding hydrogens is 557 g/mol. The maximum atomic E-state index is 13.8. The van der Waals surface area contributed by atoms with Crippen LogP contribution in [0.1, 0.15) is 57.0 Å². The SMILES string of the molecule is N#CC1CCc2ccccc21.O=C(O)C1CCC2C1=CC=CC2(C(=O)c1ccc(Cl)cc1)C(=O)c1ccc(Cl)cc1. The van der Waals surface area contributed by atoms with Crippen LogP contribution in [-0.4, -0.2) is 22.6 Å². The van der Waals surface area contributed by atoms with Crippen molar-refractivity contribution in [3.8, 4) is 6.07 Å². The fraction of sp³-hybridized carbons (Fsp3) is 0.235. The van der Waals surface area contributed by atoms with E-state index in [1.165, 1.54) is 11.1 Å². The summed E-state index contributed by atoms with van der Waals surface area (Å²) in [6.45, 7) is 0. The van der Waals surface area contributed by atoms with Crippen molar-refractivity contribution in [3.63, 3.8) is 0 Å². The Bertz CT molecular complexity index is 1540. The molecule has 0 saturated heterocycles. The molecule has 7 heteroatoms. The number of carbonyl (C=O) groups is 3. The van der Waals surface area contributed by atoms with Crippen LogP contribution in [0.4, 0.5) is 0 Å². The average Bonchev–Trinajstić information content (AvgIpc) is 3.62. The molecule has 1 saturated carbocycles. The normalized spacial score (nSPS) is 21.4. The highest BCUT2D eigenvalue weighted by atomic mass is 35.5. The molecule has 206 valence electrons. The van der Waals surface area contributed by atoms with Crippen LogP contribution in [0.15, 0.2) is 96.6 Å². The van der Waals surface area contributed by atoms with Gasteiger partial charge in [0, 0.05) is 27.1 Å². The average molecular weight is 584 g/mol. The van der Waals surface area contributed by atoms with Crippen LogP contribution in [0.2, 0.25) is 10.0 Å². The first-order valence-electron chi connectivity index (χ1n) is 13.5. The Morgan fingerprint density at radius 2 is 1.41 bits per heavy atom. The highest BCUT2D eigenvalue weighted by Crippen LogP contribution is 2.52. The van der Waals surface area contributed by atoms with E-state index in [9.17, 15) is 19.5 Å². The summed E-state index contributed by atoms with van der Waals surface area (Å²) < 4.78 is 0. The number of rotatable bonds is 5.